The quantitative estimate of drug-likeness (QED) is 0.840. The van der Waals surface area contributed by atoms with Gasteiger partial charge in [-0.1, -0.05) is 29.8 Å². The van der Waals surface area contributed by atoms with Gasteiger partial charge in [0.1, 0.15) is 0 Å². The zero-order chi connectivity index (χ0) is 16.4. The number of carbonyl (C=O) groups is 1. The lowest BCUT2D eigenvalue weighted by atomic mass is 9.79. The van der Waals surface area contributed by atoms with E-state index in [1.165, 1.54) is 5.56 Å². The Hall–Kier alpha value is -1.61. The van der Waals surface area contributed by atoms with Crippen LogP contribution in [-0.2, 0) is 4.79 Å². The number of rotatable bonds is 3. The standard InChI is InChI=1S/C19H28N2O/c1-14-6-8-15(9-7-14)10-11-17(22)20-16-12-18(2,3)21-19(4,5)13-16/h6-11,16,21H,12-13H2,1-5H3,(H,20,22)/b11-10+. The highest BCUT2D eigenvalue weighted by molar-refractivity contribution is 5.91. The van der Waals surface area contributed by atoms with Crippen LogP contribution in [0.15, 0.2) is 30.3 Å². The van der Waals surface area contributed by atoms with E-state index < -0.39 is 0 Å². The summed E-state index contributed by atoms with van der Waals surface area (Å²) in [7, 11) is 0. The van der Waals surface area contributed by atoms with Crippen molar-refractivity contribution < 1.29 is 4.79 Å². The second-order valence-electron chi connectivity index (χ2n) is 7.75. The summed E-state index contributed by atoms with van der Waals surface area (Å²) >= 11 is 0. The van der Waals surface area contributed by atoms with Crippen molar-refractivity contribution in [2.45, 2.75) is 64.6 Å². The van der Waals surface area contributed by atoms with Crippen LogP contribution in [0.1, 0.15) is 51.7 Å². The maximum absolute atomic E-state index is 12.2. The van der Waals surface area contributed by atoms with Crippen molar-refractivity contribution in [1.29, 1.82) is 0 Å². The molecule has 0 aromatic heterocycles. The predicted octanol–water partition coefficient (Wildman–Crippen LogP) is 3.43. The van der Waals surface area contributed by atoms with Crippen LogP contribution in [0.25, 0.3) is 6.08 Å². The minimum absolute atomic E-state index is 0.0147. The maximum Gasteiger partial charge on any atom is 0.244 e. The molecule has 1 aromatic carbocycles. The Morgan fingerprint density at radius 2 is 1.68 bits per heavy atom. The Kier molecular flexibility index (Phi) is 4.76. The van der Waals surface area contributed by atoms with Crippen LogP contribution in [0, 0.1) is 6.92 Å². The summed E-state index contributed by atoms with van der Waals surface area (Å²) in [6.07, 6.45) is 5.39. The summed E-state index contributed by atoms with van der Waals surface area (Å²) in [6.45, 7) is 10.8. The van der Waals surface area contributed by atoms with Crippen LogP contribution in [0.3, 0.4) is 0 Å². The fraction of sp³-hybridized carbons (Fsp3) is 0.526. The lowest BCUT2D eigenvalue weighted by molar-refractivity contribution is -0.117. The number of nitrogens with one attached hydrogen (secondary N) is 2. The van der Waals surface area contributed by atoms with E-state index >= 15 is 0 Å². The van der Waals surface area contributed by atoms with Crippen LogP contribution in [-0.4, -0.2) is 23.0 Å². The molecule has 0 unspecified atom stereocenters. The summed E-state index contributed by atoms with van der Waals surface area (Å²) in [6, 6.07) is 8.36. The average Bonchev–Trinajstić information content (AvgIpc) is 2.34. The molecule has 22 heavy (non-hydrogen) atoms. The van der Waals surface area contributed by atoms with Crippen molar-refractivity contribution in [1.82, 2.24) is 10.6 Å². The molecule has 1 aliphatic heterocycles. The first-order valence-corrected chi connectivity index (χ1v) is 8.00. The molecule has 3 nitrogen and oxygen atoms in total. The van der Waals surface area contributed by atoms with Crippen molar-refractivity contribution in [3.63, 3.8) is 0 Å². The fourth-order valence-corrected chi connectivity index (χ4v) is 3.52. The first-order chi connectivity index (χ1) is 10.2. The van der Waals surface area contributed by atoms with E-state index in [0.29, 0.717) is 0 Å². The van der Waals surface area contributed by atoms with Crippen molar-refractivity contribution >= 4 is 12.0 Å². The molecular weight excluding hydrogens is 272 g/mol. The second kappa shape index (κ2) is 6.25. The molecular formula is C19H28N2O. The molecule has 0 bridgehead atoms. The van der Waals surface area contributed by atoms with Gasteiger partial charge in [0.05, 0.1) is 0 Å². The molecule has 2 N–H and O–H groups in total. The number of amides is 1. The van der Waals surface area contributed by atoms with Gasteiger partial charge < -0.3 is 10.6 Å². The average molecular weight is 300 g/mol. The highest BCUT2D eigenvalue weighted by Crippen LogP contribution is 2.28. The van der Waals surface area contributed by atoms with E-state index in [1.807, 2.05) is 18.2 Å². The van der Waals surface area contributed by atoms with Gasteiger partial charge in [-0.05, 0) is 59.1 Å². The first-order valence-electron chi connectivity index (χ1n) is 8.00. The van der Waals surface area contributed by atoms with E-state index in [4.69, 9.17) is 0 Å². The van der Waals surface area contributed by atoms with Gasteiger partial charge in [-0.2, -0.15) is 0 Å². The highest BCUT2D eigenvalue weighted by atomic mass is 16.1. The van der Waals surface area contributed by atoms with Gasteiger partial charge in [0.15, 0.2) is 0 Å². The van der Waals surface area contributed by atoms with Crippen LogP contribution in [0.5, 0.6) is 0 Å². The molecule has 2 rings (SSSR count). The van der Waals surface area contributed by atoms with Crippen LogP contribution in [0.2, 0.25) is 0 Å². The van der Waals surface area contributed by atoms with Gasteiger partial charge in [0.2, 0.25) is 5.91 Å². The molecule has 0 atom stereocenters. The Bertz CT molecular complexity index is 539. The largest absolute Gasteiger partial charge is 0.350 e. The molecule has 0 aliphatic carbocycles. The SMILES string of the molecule is Cc1ccc(/C=C/C(=O)NC2CC(C)(C)NC(C)(C)C2)cc1. The normalized spacial score (nSPS) is 21.0. The van der Waals surface area contributed by atoms with E-state index in [-0.39, 0.29) is 23.0 Å². The summed E-state index contributed by atoms with van der Waals surface area (Å²) in [4.78, 5) is 12.2. The molecule has 1 heterocycles. The van der Waals surface area contributed by atoms with Gasteiger partial charge in [-0.25, -0.2) is 0 Å². The minimum atomic E-state index is -0.0147. The molecule has 1 aromatic rings. The zero-order valence-electron chi connectivity index (χ0n) is 14.4. The molecule has 1 aliphatic rings. The number of hydrogen-bond donors (Lipinski definition) is 2. The Morgan fingerprint density at radius 3 is 2.23 bits per heavy atom. The van der Waals surface area contributed by atoms with Crippen molar-refractivity contribution in [2.75, 3.05) is 0 Å². The van der Waals surface area contributed by atoms with Crippen LogP contribution < -0.4 is 10.6 Å². The van der Waals surface area contributed by atoms with Crippen LogP contribution >= 0.6 is 0 Å². The van der Waals surface area contributed by atoms with Crippen molar-refractivity contribution in [3.05, 3.63) is 41.5 Å². The highest BCUT2D eigenvalue weighted by Gasteiger charge is 2.37. The lowest BCUT2D eigenvalue weighted by Gasteiger charge is -2.46. The number of piperidine rings is 1. The third-order valence-electron chi connectivity index (χ3n) is 4.04. The van der Waals surface area contributed by atoms with Crippen LogP contribution in [0.4, 0.5) is 0 Å². The van der Waals surface area contributed by atoms with Gasteiger partial charge in [0.25, 0.3) is 0 Å². The Morgan fingerprint density at radius 1 is 1.14 bits per heavy atom. The number of carbonyl (C=O) groups excluding carboxylic acids is 1. The van der Waals surface area contributed by atoms with Gasteiger partial charge in [-0.15, -0.1) is 0 Å². The van der Waals surface area contributed by atoms with E-state index in [0.717, 1.165) is 18.4 Å². The number of hydrogen-bond acceptors (Lipinski definition) is 2. The van der Waals surface area contributed by atoms with E-state index in [1.54, 1.807) is 6.08 Å². The third kappa shape index (κ3) is 4.99. The molecule has 1 fully saturated rings. The molecule has 3 heteroatoms. The fourth-order valence-electron chi connectivity index (χ4n) is 3.52. The van der Waals surface area contributed by atoms with Gasteiger partial charge >= 0.3 is 0 Å². The third-order valence-corrected chi connectivity index (χ3v) is 4.04. The first kappa shape index (κ1) is 16.8. The van der Waals surface area contributed by atoms with Crippen molar-refractivity contribution in [2.24, 2.45) is 0 Å². The Labute approximate surface area is 134 Å². The second-order valence-corrected chi connectivity index (χ2v) is 7.75. The summed E-state index contributed by atoms with van der Waals surface area (Å²) in [5, 5.41) is 6.77. The smallest absolute Gasteiger partial charge is 0.244 e. The molecule has 1 amide bonds. The molecule has 0 saturated carbocycles. The number of benzene rings is 1. The van der Waals surface area contributed by atoms with E-state index in [2.05, 4.69) is 57.4 Å². The van der Waals surface area contributed by atoms with Crippen molar-refractivity contribution in [3.8, 4) is 0 Å². The van der Waals surface area contributed by atoms with Gasteiger partial charge in [0, 0.05) is 23.2 Å². The lowest BCUT2D eigenvalue weighted by Crippen LogP contribution is -2.62. The Balaban J connectivity index is 1.95. The molecule has 120 valence electrons. The number of aryl methyl sites for hydroxylation is 1. The van der Waals surface area contributed by atoms with E-state index in [9.17, 15) is 4.79 Å². The monoisotopic (exact) mass is 300 g/mol. The minimum Gasteiger partial charge on any atom is -0.350 e. The molecule has 0 spiro atoms. The summed E-state index contributed by atoms with van der Waals surface area (Å²) in [5.41, 5.74) is 2.35. The predicted molar refractivity (Wildman–Crippen MR) is 92.7 cm³/mol. The molecule has 1 saturated heterocycles. The summed E-state index contributed by atoms with van der Waals surface area (Å²) < 4.78 is 0. The maximum atomic E-state index is 12.2. The zero-order valence-corrected chi connectivity index (χ0v) is 14.4. The topological polar surface area (TPSA) is 41.1 Å². The summed E-state index contributed by atoms with van der Waals surface area (Å²) in [5.74, 6) is -0.0147. The molecule has 0 radical (unpaired) electrons. The van der Waals surface area contributed by atoms with Gasteiger partial charge in [-0.3, -0.25) is 4.79 Å².